The Morgan fingerprint density at radius 2 is 1.97 bits per heavy atom. The van der Waals surface area contributed by atoms with Gasteiger partial charge in [-0.15, -0.1) is 0 Å². The first kappa shape index (κ1) is 20.3. The van der Waals surface area contributed by atoms with Crippen molar-refractivity contribution in [1.29, 1.82) is 0 Å². The average Bonchev–Trinajstić information content (AvgIpc) is 3.35. The van der Waals surface area contributed by atoms with Crippen molar-refractivity contribution in [2.24, 2.45) is 11.8 Å². The first-order valence-corrected chi connectivity index (χ1v) is 11.1. The van der Waals surface area contributed by atoms with Gasteiger partial charge in [-0.05, 0) is 38.7 Å². The fraction of sp³-hybridized carbons (Fsp3) is 0.524. The van der Waals surface area contributed by atoms with E-state index in [0.717, 1.165) is 38.5 Å². The Hall–Kier alpha value is -2.65. The summed E-state index contributed by atoms with van der Waals surface area (Å²) in [6.07, 6.45) is 7.74. The molecule has 4 N–H and O–H groups in total. The second kappa shape index (κ2) is 7.49. The van der Waals surface area contributed by atoms with Crippen LogP contribution in [0.4, 0.5) is 11.6 Å². The molecule has 3 fully saturated rings. The number of aromatic nitrogens is 2. The van der Waals surface area contributed by atoms with Crippen molar-refractivity contribution in [2.75, 3.05) is 10.6 Å². The van der Waals surface area contributed by atoms with Crippen LogP contribution in [-0.4, -0.2) is 43.7 Å². The molecule has 4 aliphatic rings. The van der Waals surface area contributed by atoms with Gasteiger partial charge in [-0.1, -0.05) is 24.4 Å². The molecule has 1 saturated heterocycles. The second-order valence-electron chi connectivity index (χ2n) is 8.80. The van der Waals surface area contributed by atoms with Crippen molar-refractivity contribution in [2.45, 2.75) is 57.3 Å². The van der Waals surface area contributed by atoms with Crippen LogP contribution in [0.5, 0.6) is 0 Å². The van der Waals surface area contributed by atoms with Gasteiger partial charge in [0.15, 0.2) is 6.23 Å². The Labute approximate surface area is 185 Å². The van der Waals surface area contributed by atoms with Crippen LogP contribution >= 0.6 is 11.6 Å². The molecule has 0 radical (unpaired) electrons. The number of aliphatic hydroxyl groups excluding tert-OH is 1. The summed E-state index contributed by atoms with van der Waals surface area (Å²) in [5, 5.41) is 20.4. The molecule has 0 aromatic carbocycles. The molecule has 31 heavy (non-hydrogen) atoms. The van der Waals surface area contributed by atoms with E-state index in [9.17, 15) is 14.7 Å². The third kappa shape index (κ3) is 3.55. The maximum absolute atomic E-state index is 12.7. The maximum Gasteiger partial charge on any atom is 0.271 e. The Morgan fingerprint density at radius 3 is 2.68 bits per heavy atom. The molecule has 0 bridgehead atoms. The van der Waals surface area contributed by atoms with Gasteiger partial charge in [0.1, 0.15) is 29.3 Å². The van der Waals surface area contributed by atoms with Gasteiger partial charge in [-0.2, -0.15) is 0 Å². The first-order valence-electron chi connectivity index (χ1n) is 10.7. The molecule has 2 atom stereocenters. The number of amides is 2. The normalized spacial score (nSPS) is 28.4. The van der Waals surface area contributed by atoms with Crippen LogP contribution in [0.25, 0.3) is 0 Å². The quantitative estimate of drug-likeness (QED) is 0.549. The number of anilines is 2. The van der Waals surface area contributed by atoms with E-state index in [1.165, 1.54) is 6.33 Å². The van der Waals surface area contributed by atoms with E-state index in [0.29, 0.717) is 17.3 Å². The minimum Gasteiger partial charge on any atom is -0.368 e. The van der Waals surface area contributed by atoms with Crippen molar-refractivity contribution < 1.29 is 14.7 Å². The van der Waals surface area contributed by atoms with Crippen molar-refractivity contribution in [1.82, 2.24) is 20.2 Å². The van der Waals surface area contributed by atoms with E-state index in [-0.39, 0.29) is 34.4 Å². The monoisotopic (exact) mass is 444 g/mol. The van der Waals surface area contributed by atoms with Crippen molar-refractivity contribution in [3.8, 4) is 0 Å². The van der Waals surface area contributed by atoms with Gasteiger partial charge in [0, 0.05) is 17.9 Å². The lowest BCUT2D eigenvalue weighted by molar-refractivity contribution is -0.118. The summed E-state index contributed by atoms with van der Waals surface area (Å²) in [5.41, 5.74) is -0.0412. The summed E-state index contributed by atoms with van der Waals surface area (Å²) in [6.45, 7) is 1.94. The highest BCUT2D eigenvalue weighted by molar-refractivity contribution is 6.33. The van der Waals surface area contributed by atoms with Crippen molar-refractivity contribution in [3.63, 3.8) is 0 Å². The fourth-order valence-electron chi connectivity index (χ4n) is 4.81. The molecule has 10 heteroatoms. The zero-order valence-electron chi connectivity index (χ0n) is 17.2. The molecular weight excluding hydrogens is 420 g/mol. The Morgan fingerprint density at radius 1 is 1.26 bits per heavy atom. The van der Waals surface area contributed by atoms with Gasteiger partial charge in [0.2, 0.25) is 5.91 Å². The molecular formula is C21H25ClN6O3. The molecule has 2 amide bonds. The maximum atomic E-state index is 12.7. The molecule has 9 nitrogen and oxygen atoms in total. The highest BCUT2D eigenvalue weighted by Gasteiger charge is 2.54. The molecule has 1 aromatic rings. The molecule has 3 heterocycles. The third-order valence-corrected chi connectivity index (χ3v) is 6.93. The summed E-state index contributed by atoms with van der Waals surface area (Å²) in [4.78, 5) is 34.7. The lowest BCUT2D eigenvalue weighted by atomic mass is 9.91. The van der Waals surface area contributed by atoms with Crippen LogP contribution in [-0.2, 0) is 9.59 Å². The second-order valence-corrected chi connectivity index (χ2v) is 9.21. The van der Waals surface area contributed by atoms with Crippen molar-refractivity contribution >= 4 is 35.1 Å². The Bertz CT molecular complexity index is 1000. The van der Waals surface area contributed by atoms with E-state index in [4.69, 9.17) is 11.6 Å². The SMILES string of the molecule is CC1(C2CCCC2)NC(=O)C2=C(Cl)C=C(Nc3cc(NC(=O)C4CC4)ncn3)C(O)N21. The van der Waals surface area contributed by atoms with Crippen LogP contribution in [0.2, 0.25) is 0 Å². The number of carbonyl (C=O) groups is 2. The van der Waals surface area contributed by atoms with Gasteiger partial charge in [-0.25, -0.2) is 9.97 Å². The molecule has 2 saturated carbocycles. The van der Waals surface area contributed by atoms with Gasteiger partial charge in [-0.3, -0.25) is 9.59 Å². The van der Waals surface area contributed by atoms with Gasteiger partial charge >= 0.3 is 0 Å². The highest BCUT2D eigenvalue weighted by Crippen LogP contribution is 2.45. The number of nitrogens with one attached hydrogen (secondary N) is 3. The summed E-state index contributed by atoms with van der Waals surface area (Å²) >= 11 is 6.47. The molecule has 2 aliphatic heterocycles. The van der Waals surface area contributed by atoms with Crippen LogP contribution < -0.4 is 16.0 Å². The Kier molecular flexibility index (Phi) is 4.90. The smallest absolute Gasteiger partial charge is 0.271 e. The number of nitrogens with zero attached hydrogens (tertiary/aromatic N) is 3. The summed E-state index contributed by atoms with van der Waals surface area (Å²) in [7, 11) is 0. The lowest BCUT2D eigenvalue weighted by Crippen LogP contribution is -2.58. The van der Waals surface area contributed by atoms with E-state index in [2.05, 4.69) is 25.9 Å². The van der Waals surface area contributed by atoms with E-state index in [1.807, 2.05) is 6.92 Å². The summed E-state index contributed by atoms with van der Waals surface area (Å²) in [5.74, 6) is 0.740. The number of hydrogen-bond acceptors (Lipinski definition) is 7. The number of halogens is 1. The third-order valence-electron chi connectivity index (χ3n) is 6.64. The summed E-state index contributed by atoms with van der Waals surface area (Å²) < 4.78 is 0. The molecule has 0 spiro atoms. The molecule has 5 rings (SSSR count). The topological polar surface area (TPSA) is 119 Å². The molecule has 2 unspecified atom stereocenters. The van der Waals surface area contributed by atoms with Gasteiger partial charge < -0.3 is 26.0 Å². The zero-order valence-corrected chi connectivity index (χ0v) is 17.9. The number of fused-ring (bicyclic) bond motifs is 1. The number of rotatable bonds is 5. The average molecular weight is 445 g/mol. The molecule has 164 valence electrons. The van der Waals surface area contributed by atoms with Crippen LogP contribution in [0.3, 0.4) is 0 Å². The van der Waals surface area contributed by atoms with E-state index >= 15 is 0 Å². The predicted octanol–water partition coefficient (Wildman–Crippen LogP) is 2.24. The largest absolute Gasteiger partial charge is 0.368 e. The molecule has 2 aliphatic carbocycles. The zero-order chi connectivity index (χ0) is 21.8. The Balaban J connectivity index is 1.40. The number of aliphatic hydroxyl groups is 1. The number of hydrogen-bond donors (Lipinski definition) is 4. The van der Waals surface area contributed by atoms with Crippen LogP contribution in [0.1, 0.15) is 45.4 Å². The van der Waals surface area contributed by atoms with Crippen LogP contribution in [0.15, 0.2) is 34.9 Å². The van der Waals surface area contributed by atoms with Crippen molar-refractivity contribution in [3.05, 3.63) is 34.9 Å². The summed E-state index contributed by atoms with van der Waals surface area (Å²) in [6, 6.07) is 1.60. The number of carbonyl (C=O) groups excluding carboxylic acids is 2. The van der Waals surface area contributed by atoms with E-state index in [1.54, 1.807) is 17.0 Å². The number of allylic oxidation sites excluding steroid dienone is 2. The molecule has 1 aromatic heterocycles. The van der Waals surface area contributed by atoms with Crippen LogP contribution in [0, 0.1) is 11.8 Å². The minimum absolute atomic E-state index is 0.0498. The van der Waals surface area contributed by atoms with Gasteiger partial charge in [0.05, 0.1) is 10.7 Å². The highest BCUT2D eigenvalue weighted by atomic mass is 35.5. The van der Waals surface area contributed by atoms with E-state index < -0.39 is 11.9 Å². The first-order chi connectivity index (χ1) is 14.9. The minimum atomic E-state index is -1.11. The van der Waals surface area contributed by atoms with Gasteiger partial charge in [0.25, 0.3) is 5.91 Å². The lowest BCUT2D eigenvalue weighted by Gasteiger charge is -2.45. The fourth-order valence-corrected chi connectivity index (χ4v) is 5.11. The predicted molar refractivity (Wildman–Crippen MR) is 114 cm³/mol. The standard InChI is InChI=1S/C21H25ClN6O3/c1-21(12-4-2-3-5-12)27-19(30)17-13(22)8-14(20(31)28(17)21)25-15-9-16(24-10-23-15)26-18(29)11-6-7-11/h8-12,20,31H,2-7H2,1H3,(H,27,30)(H2,23,24,25,26,29).